The van der Waals surface area contributed by atoms with Gasteiger partial charge in [-0.05, 0) is 37.5 Å². The van der Waals surface area contributed by atoms with Crippen LogP contribution >= 0.6 is 15.6 Å². The zero-order valence-electron chi connectivity index (χ0n) is 66.9. The Balaban J connectivity index is 5.13. The summed E-state index contributed by atoms with van der Waals surface area (Å²) < 4.78 is 68.6. The van der Waals surface area contributed by atoms with Gasteiger partial charge in [-0.15, -0.1) is 0 Å². The van der Waals surface area contributed by atoms with Crippen molar-refractivity contribution in [1.82, 2.24) is 0 Å². The fourth-order valence-electron chi connectivity index (χ4n) is 12.9. The smallest absolute Gasteiger partial charge is 0.462 e. The molecule has 0 saturated heterocycles. The highest BCUT2D eigenvalue weighted by Crippen LogP contribution is 2.45. The van der Waals surface area contributed by atoms with Crippen molar-refractivity contribution in [2.75, 3.05) is 39.6 Å². The molecule has 0 spiro atoms. The van der Waals surface area contributed by atoms with Gasteiger partial charge in [-0.25, -0.2) is 9.13 Å². The first-order chi connectivity index (χ1) is 49.4. The number of hydrogen-bond donors (Lipinski definition) is 3. The molecule has 0 bridgehead atoms. The molecule has 0 aromatic heterocycles. The minimum absolute atomic E-state index is 0.104. The van der Waals surface area contributed by atoms with E-state index in [1.807, 2.05) is 0 Å². The second-order valence-corrected chi connectivity index (χ2v) is 33.5. The number of phosphoric acid groups is 2. The number of hydrogen-bond acceptors (Lipinski definition) is 15. The Morgan fingerprint density at radius 2 is 0.500 bits per heavy atom. The van der Waals surface area contributed by atoms with Crippen LogP contribution in [0.1, 0.15) is 440 Å². The number of esters is 4. The van der Waals surface area contributed by atoms with E-state index < -0.39 is 97.5 Å². The molecule has 0 aromatic carbocycles. The lowest BCUT2D eigenvalue weighted by molar-refractivity contribution is -0.161. The zero-order valence-corrected chi connectivity index (χ0v) is 68.7. The van der Waals surface area contributed by atoms with Gasteiger partial charge in [0, 0.05) is 25.7 Å². The van der Waals surface area contributed by atoms with Gasteiger partial charge in [0.1, 0.15) is 19.3 Å². The van der Waals surface area contributed by atoms with Crippen molar-refractivity contribution in [2.24, 2.45) is 11.8 Å². The van der Waals surface area contributed by atoms with Gasteiger partial charge in [-0.2, -0.15) is 0 Å². The molecule has 6 atom stereocenters. The van der Waals surface area contributed by atoms with E-state index in [4.69, 9.17) is 37.0 Å². The van der Waals surface area contributed by atoms with Gasteiger partial charge in [-0.3, -0.25) is 37.3 Å². The number of carbonyl (C=O) groups excluding carboxylic acids is 4. The third kappa shape index (κ3) is 74.9. The summed E-state index contributed by atoms with van der Waals surface area (Å²) in [6.45, 7) is 9.61. The number of aliphatic hydroxyl groups excluding tert-OH is 1. The normalized spacial score (nSPS) is 14.1. The molecular weight excluding hydrogens is 1330 g/mol. The maximum absolute atomic E-state index is 13.1. The summed E-state index contributed by atoms with van der Waals surface area (Å²) in [6.07, 6.45) is 65.7. The largest absolute Gasteiger partial charge is 0.472 e. The van der Waals surface area contributed by atoms with Crippen molar-refractivity contribution in [1.29, 1.82) is 0 Å². The quantitative estimate of drug-likeness (QED) is 0.0222. The Kier molecular flexibility index (Phi) is 73.1. The van der Waals surface area contributed by atoms with Gasteiger partial charge in [0.05, 0.1) is 26.4 Å². The van der Waals surface area contributed by atoms with Crippen LogP contribution in [0.4, 0.5) is 0 Å². The molecule has 0 aliphatic carbocycles. The number of aliphatic hydroxyl groups is 1. The van der Waals surface area contributed by atoms with Gasteiger partial charge in [-0.1, -0.05) is 388 Å². The van der Waals surface area contributed by atoms with E-state index in [2.05, 4.69) is 41.5 Å². The standard InChI is InChI=1S/C83H162O17P2/c1-7-10-12-14-16-18-19-20-21-22-23-24-25-26-30-33-36-39-42-48-54-60-66-81(86)94-72-78(99-82(87)67-61-55-49-43-40-37-34-31-28-27-29-32-35-38-41-46-52-58-64-76(6)9-3)73-97-101(89,90)95-69-77(84)70-96-102(91,92)98-74-79(71-93-80(85)65-59-53-47-17-15-13-11-8-2)100-83(88)68-62-56-50-44-45-51-57-63-75(4)5/h75-79,84H,7-74H2,1-6H3,(H,89,90)(H,91,92)/t76?,77-,78-,79-/m1/s1. The van der Waals surface area contributed by atoms with Crippen LogP contribution in [0.2, 0.25) is 0 Å². The Bertz CT molecular complexity index is 1960. The van der Waals surface area contributed by atoms with E-state index in [0.29, 0.717) is 31.6 Å². The third-order valence-corrected chi connectivity index (χ3v) is 21.7. The van der Waals surface area contributed by atoms with Crippen molar-refractivity contribution < 1.29 is 80.2 Å². The van der Waals surface area contributed by atoms with Crippen LogP contribution in [0.3, 0.4) is 0 Å². The summed E-state index contributed by atoms with van der Waals surface area (Å²) in [6, 6.07) is 0. The predicted molar refractivity (Wildman–Crippen MR) is 418 cm³/mol. The van der Waals surface area contributed by atoms with Crippen molar-refractivity contribution in [2.45, 2.75) is 458 Å². The molecule has 3 N–H and O–H groups in total. The van der Waals surface area contributed by atoms with Crippen LogP contribution in [0.15, 0.2) is 0 Å². The molecule has 0 fully saturated rings. The lowest BCUT2D eigenvalue weighted by atomic mass is 9.99. The van der Waals surface area contributed by atoms with E-state index >= 15 is 0 Å². The Hall–Kier alpha value is -1.94. The number of ether oxygens (including phenoxy) is 4. The van der Waals surface area contributed by atoms with Gasteiger partial charge in [0.25, 0.3) is 0 Å². The number of unbranched alkanes of at least 4 members (excludes halogenated alkanes) is 51. The van der Waals surface area contributed by atoms with Gasteiger partial charge in [0.2, 0.25) is 0 Å². The van der Waals surface area contributed by atoms with Gasteiger partial charge < -0.3 is 33.8 Å². The highest BCUT2D eigenvalue weighted by molar-refractivity contribution is 7.47. The molecule has 0 aliphatic heterocycles. The SMILES string of the molecule is CCCCCCCCCCCCCCCCCCCCCCCCC(=O)OC[C@H](COP(=O)(O)OC[C@@H](O)COP(=O)(O)OC[C@@H](COC(=O)CCCCCCCCCC)OC(=O)CCCCCCCCCC(C)C)OC(=O)CCCCCCCCCCCCCCCCCCCCC(C)CC. The maximum Gasteiger partial charge on any atom is 0.472 e. The Morgan fingerprint density at radius 3 is 0.745 bits per heavy atom. The molecule has 0 aromatic rings. The first kappa shape index (κ1) is 100. The van der Waals surface area contributed by atoms with Crippen LogP contribution in [-0.2, 0) is 65.4 Å². The first-order valence-electron chi connectivity index (χ1n) is 43.0. The van der Waals surface area contributed by atoms with Crippen LogP contribution in [-0.4, -0.2) is 96.7 Å². The molecule has 0 saturated carbocycles. The summed E-state index contributed by atoms with van der Waals surface area (Å²) in [7, 11) is -9.91. The summed E-state index contributed by atoms with van der Waals surface area (Å²) in [5.41, 5.74) is 0. The van der Waals surface area contributed by atoms with Crippen molar-refractivity contribution in [3.05, 3.63) is 0 Å². The molecule has 0 heterocycles. The lowest BCUT2D eigenvalue weighted by Crippen LogP contribution is -2.30. The summed E-state index contributed by atoms with van der Waals surface area (Å²) in [4.78, 5) is 72.9. The zero-order chi connectivity index (χ0) is 74.9. The van der Waals surface area contributed by atoms with Crippen molar-refractivity contribution in [3.63, 3.8) is 0 Å². The summed E-state index contributed by atoms with van der Waals surface area (Å²) in [5, 5.41) is 10.6. The van der Waals surface area contributed by atoms with E-state index in [0.717, 1.165) is 102 Å². The Morgan fingerprint density at radius 1 is 0.284 bits per heavy atom. The molecule has 3 unspecified atom stereocenters. The van der Waals surface area contributed by atoms with Crippen molar-refractivity contribution >= 4 is 39.5 Å². The van der Waals surface area contributed by atoms with Gasteiger partial charge >= 0.3 is 39.5 Å². The van der Waals surface area contributed by atoms with E-state index in [1.165, 1.54) is 250 Å². The second-order valence-electron chi connectivity index (χ2n) is 30.6. The van der Waals surface area contributed by atoms with Gasteiger partial charge in [0.15, 0.2) is 12.2 Å². The fraction of sp³-hybridized carbons (Fsp3) is 0.952. The third-order valence-electron chi connectivity index (χ3n) is 19.8. The molecule has 0 rings (SSSR count). The maximum atomic E-state index is 13.1. The van der Waals surface area contributed by atoms with Crippen LogP contribution in [0, 0.1) is 11.8 Å². The highest BCUT2D eigenvalue weighted by Gasteiger charge is 2.30. The molecule has 0 amide bonds. The highest BCUT2D eigenvalue weighted by atomic mass is 31.2. The minimum Gasteiger partial charge on any atom is -0.462 e. The number of rotatable bonds is 82. The monoisotopic (exact) mass is 1490 g/mol. The van der Waals surface area contributed by atoms with E-state index in [-0.39, 0.29) is 25.7 Å². The number of carbonyl (C=O) groups is 4. The van der Waals surface area contributed by atoms with E-state index in [9.17, 15) is 43.2 Å². The van der Waals surface area contributed by atoms with Crippen LogP contribution < -0.4 is 0 Å². The molecule has 0 radical (unpaired) electrons. The molecule has 606 valence electrons. The first-order valence-corrected chi connectivity index (χ1v) is 46.0. The fourth-order valence-corrected chi connectivity index (χ4v) is 14.4. The molecule has 102 heavy (non-hydrogen) atoms. The average molecular weight is 1490 g/mol. The minimum atomic E-state index is -4.96. The van der Waals surface area contributed by atoms with E-state index in [1.54, 1.807) is 0 Å². The van der Waals surface area contributed by atoms with Crippen molar-refractivity contribution in [3.8, 4) is 0 Å². The predicted octanol–water partition coefficient (Wildman–Crippen LogP) is 25.1. The average Bonchev–Trinajstić information content (AvgIpc) is 0.913. The molecule has 17 nitrogen and oxygen atoms in total. The van der Waals surface area contributed by atoms with Crippen LogP contribution in [0.25, 0.3) is 0 Å². The Labute approximate surface area is 626 Å². The number of phosphoric ester groups is 2. The molecule has 19 heteroatoms. The topological polar surface area (TPSA) is 237 Å². The molecule has 0 aliphatic rings. The summed E-state index contributed by atoms with van der Waals surface area (Å²) in [5.74, 6) is -0.548. The summed E-state index contributed by atoms with van der Waals surface area (Å²) >= 11 is 0. The lowest BCUT2D eigenvalue weighted by Gasteiger charge is -2.21. The second kappa shape index (κ2) is 74.5. The molecular formula is C83H162O17P2. The van der Waals surface area contributed by atoms with Crippen LogP contribution in [0.5, 0.6) is 0 Å².